The van der Waals surface area contributed by atoms with Crippen molar-refractivity contribution in [1.82, 2.24) is 0 Å². The van der Waals surface area contributed by atoms with E-state index < -0.39 is 0 Å². The minimum Gasteiger partial charge on any atom is -0.0838 e. The van der Waals surface area contributed by atoms with E-state index in [1.54, 1.807) is 0 Å². The lowest BCUT2D eigenvalue weighted by atomic mass is 9.91. The Bertz CT molecular complexity index is 274. The Balaban J connectivity index is 2.64. The molecule has 1 aliphatic rings. The van der Waals surface area contributed by atoms with Crippen LogP contribution < -0.4 is 0 Å². The predicted octanol–water partition coefficient (Wildman–Crippen LogP) is 4.28. The highest BCUT2D eigenvalue weighted by Gasteiger charge is 2.07. The van der Waals surface area contributed by atoms with Crippen LogP contribution in [-0.2, 0) is 0 Å². The fraction of sp³-hybridized carbons (Fsp3) is 0.429. The second kappa shape index (κ2) is 5.64. The van der Waals surface area contributed by atoms with Crippen LogP contribution in [0.2, 0.25) is 0 Å². The van der Waals surface area contributed by atoms with Crippen LogP contribution in [0.25, 0.3) is 0 Å². The van der Waals surface area contributed by atoms with Gasteiger partial charge in [0.25, 0.3) is 0 Å². The topological polar surface area (TPSA) is 0 Å². The average Bonchev–Trinajstić information content (AvgIpc) is 2.20. The van der Waals surface area contributed by atoms with Gasteiger partial charge in [-0.3, -0.25) is 0 Å². The Hall–Kier alpha value is -1.04. The van der Waals surface area contributed by atoms with Crippen molar-refractivity contribution in [2.24, 2.45) is 11.8 Å². The predicted molar refractivity (Wildman–Crippen MR) is 64.1 cm³/mol. The summed E-state index contributed by atoms with van der Waals surface area (Å²) < 4.78 is 0. The van der Waals surface area contributed by atoms with Crippen molar-refractivity contribution in [3.63, 3.8) is 0 Å². The molecule has 0 spiro atoms. The molecule has 1 aliphatic carbocycles. The zero-order chi connectivity index (χ0) is 10.4. The van der Waals surface area contributed by atoms with E-state index in [9.17, 15) is 0 Å². The molecule has 1 atom stereocenters. The zero-order valence-electron chi connectivity index (χ0n) is 9.40. The van der Waals surface area contributed by atoms with Crippen LogP contribution in [-0.4, -0.2) is 0 Å². The highest BCUT2D eigenvalue weighted by Crippen LogP contribution is 2.22. The summed E-state index contributed by atoms with van der Waals surface area (Å²) in [6.07, 6.45) is 16.7. The number of allylic oxidation sites excluding steroid dienone is 8. The van der Waals surface area contributed by atoms with Gasteiger partial charge in [-0.15, -0.1) is 0 Å². The molecular weight excluding hydrogens is 168 g/mol. The van der Waals surface area contributed by atoms with E-state index in [0.717, 1.165) is 6.42 Å². The van der Waals surface area contributed by atoms with E-state index in [1.807, 2.05) is 0 Å². The van der Waals surface area contributed by atoms with Crippen molar-refractivity contribution < 1.29 is 0 Å². The van der Waals surface area contributed by atoms with E-state index in [2.05, 4.69) is 63.3 Å². The highest BCUT2D eigenvalue weighted by molar-refractivity contribution is 5.29. The van der Waals surface area contributed by atoms with Crippen LogP contribution in [0, 0.1) is 11.8 Å². The smallest absolute Gasteiger partial charge is 0.00523 e. The molecule has 1 rings (SSSR count). The van der Waals surface area contributed by atoms with Crippen molar-refractivity contribution in [2.45, 2.75) is 27.2 Å². The molecule has 1 unspecified atom stereocenters. The molecule has 0 aromatic heterocycles. The van der Waals surface area contributed by atoms with E-state index in [-0.39, 0.29) is 0 Å². The summed E-state index contributed by atoms with van der Waals surface area (Å²) in [7, 11) is 0. The van der Waals surface area contributed by atoms with Gasteiger partial charge in [0.05, 0.1) is 0 Å². The molecule has 0 amide bonds. The second-order valence-corrected chi connectivity index (χ2v) is 4.05. The van der Waals surface area contributed by atoms with Gasteiger partial charge < -0.3 is 0 Å². The molecule has 0 aliphatic heterocycles. The summed E-state index contributed by atoms with van der Waals surface area (Å²) in [5.41, 5.74) is 1.43. The lowest BCUT2D eigenvalue weighted by Gasteiger charge is -2.14. The molecule has 76 valence electrons. The van der Waals surface area contributed by atoms with Crippen LogP contribution >= 0.6 is 0 Å². The molecule has 0 heterocycles. The minimum atomic E-state index is 0.583. The van der Waals surface area contributed by atoms with Gasteiger partial charge in [0.15, 0.2) is 0 Å². The monoisotopic (exact) mass is 188 g/mol. The lowest BCUT2D eigenvalue weighted by molar-refractivity contribution is 0.775. The molecule has 0 nitrogen and oxygen atoms in total. The van der Waals surface area contributed by atoms with E-state index in [1.165, 1.54) is 5.57 Å². The van der Waals surface area contributed by atoms with Crippen LogP contribution in [0.1, 0.15) is 27.2 Å². The Morgan fingerprint density at radius 3 is 2.64 bits per heavy atom. The summed E-state index contributed by atoms with van der Waals surface area (Å²) in [5.74, 6) is 1.22. The summed E-state index contributed by atoms with van der Waals surface area (Å²) in [6, 6.07) is 0. The molecule has 0 N–H and O–H groups in total. The Kier molecular flexibility index (Phi) is 4.45. The molecule has 0 heteroatoms. The molecular formula is C14H20. The normalized spacial score (nSPS) is 22.6. The van der Waals surface area contributed by atoms with Crippen molar-refractivity contribution in [2.75, 3.05) is 0 Å². The van der Waals surface area contributed by atoms with E-state index in [4.69, 9.17) is 0 Å². The van der Waals surface area contributed by atoms with Gasteiger partial charge in [-0.25, -0.2) is 0 Å². The quantitative estimate of drug-likeness (QED) is 0.580. The largest absolute Gasteiger partial charge is 0.0838 e. The van der Waals surface area contributed by atoms with Crippen molar-refractivity contribution in [3.05, 3.63) is 48.1 Å². The molecule has 0 saturated heterocycles. The maximum absolute atomic E-state index is 2.28. The Morgan fingerprint density at radius 2 is 2.14 bits per heavy atom. The first-order valence-corrected chi connectivity index (χ1v) is 5.41. The highest BCUT2D eigenvalue weighted by atomic mass is 14.1. The third-order valence-corrected chi connectivity index (χ3v) is 2.42. The van der Waals surface area contributed by atoms with Gasteiger partial charge in [-0.05, 0) is 24.8 Å². The van der Waals surface area contributed by atoms with Gasteiger partial charge in [0.1, 0.15) is 0 Å². The maximum Gasteiger partial charge on any atom is 0.00523 e. The average molecular weight is 188 g/mol. The van der Waals surface area contributed by atoms with Gasteiger partial charge >= 0.3 is 0 Å². The van der Waals surface area contributed by atoms with Crippen LogP contribution in [0.4, 0.5) is 0 Å². The first-order chi connectivity index (χ1) is 6.74. The zero-order valence-corrected chi connectivity index (χ0v) is 9.40. The first-order valence-electron chi connectivity index (χ1n) is 5.41. The molecule has 0 fully saturated rings. The van der Waals surface area contributed by atoms with Crippen LogP contribution in [0.5, 0.6) is 0 Å². The molecule has 14 heavy (non-hydrogen) atoms. The maximum atomic E-state index is 2.28. The van der Waals surface area contributed by atoms with Gasteiger partial charge in [-0.1, -0.05) is 56.4 Å². The number of rotatable bonds is 3. The van der Waals surface area contributed by atoms with Gasteiger partial charge in [0, 0.05) is 5.92 Å². The third kappa shape index (κ3) is 3.37. The molecule has 0 saturated carbocycles. The fourth-order valence-electron chi connectivity index (χ4n) is 1.57. The number of hydrogen-bond acceptors (Lipinski definition) is 0. The Morgan fingerprint density at radius 1 is 1.36 bits per heavy atom. The second-order valence-electron chi connectivity index (χ2n) is 4.05. The fourth-order valence-corrected chi connectivity index (χ4v) is 1.57. The van der Waals surface area contributed by atoms with Gasteiger partial charge in [0.2, 0.25) is 0 Å². The van der Waals surface area contributed by atoms with Crippen LogP contribution in [0.3, 0.4) is 0 Å². The molecule has 0 bridgehead atoms. The van der Waals surface area contributed by atoms with E-state index in [0.29, 0.717) is 11.8 Å². The van der Waals surface area contributed by atoms with Crippen molar-refractivity contribution in [3.8, 4) is 0 Å². The summed E-state index contributed by atoms with van der Waals surface area (Å²) in [6.45, 7) is 6.53. The molecule has 0 aromatic carbocycles. The summed E-state index contributed by atoms with van der Waals surface area (Å²) >= 11 is 0. The number of hydrogen-bond donors (Lipinski definition) is 0. The summed E-state index contributed by atoms with van der Waals surface area (Å²) in [4.78, 5) is 0. The summed E-state index contributed by atoms with van der Waals surface area (Å²) in [5, 5.41) is 0. The van der Waals surface area contributed by atoms with Crippen LogP contribution in [0.15, 0.2) is 48.1 Å². The van der Waals surface area contributed by atoms with Gasteiger partial charge in [-0.2, -0.15) is 0 Å². The molecule has 0 radical (unpaired) electrons. The lowest BCUT2D eigenvalue weighted by Crippen LogP contribution is -2.00. The Labute approximate surface area is 87.7 Å². The van der Waals surface area contributed by atoms with E-state index >= 15 is 0 Å². The minimum absolute atomic E-state index is 0.583. The van der Waals surface area contributed by atoms with Crippen molar-refractivity contribution >= 4 is 0 Å². The standard InChI is InChI=1S/C14H20/c1-4-13(11-10-12(2)3)14-8-6-5-7-9-14/h4-8,10-12,14H,9H2,1-3H3/b11-10-,13-4+. The third-order valence-electron chi connectivity index (χ3n) is 2.42. The first kappa shape index (κ1) is 11.0. The SMILES string of the molecule is C/C=C(\C=C/C(C)C)C1C=CC=CC1. The van der Waals surface area contributed by atoms with Crippen molar-refractivity contribution in [1.29, 1.82) is 0 Å². The molecule has 0 aromatic rings.